The van der Waals surface area contributed by atoms with Gasteiger partial charge in [0.05, 0.1) is 6.54 Å². The maximum Gasteiger partial charge on any atom is 0.234 e. The van der Waals surface area contributed by atoms with E-state index in [1.807, 2.05) is 0 Å². The van der Waals surface area contributed by atoms with E-state index in [4.69, 9.17) is 0 Å². The number of carbonyl (C=O) groups is 1. The van der Waals surface area contributed by atoms with Gasteiger partial charge in [-0.15, -0.1) is 0 Å². The van der Waals surface area contributed by atoms with E-state index in [9.17, 15) is 4.79 Å². The first kappa shape index (κ1) is 13.5. The maximum atomic E-state index is 11.4. The Kier molecular flexibility index (Phi) is 5.77. The summed E-state index contributed by atoms with van der Waals surface area (Å²) in [5.41, 5.74) is 0. The van der Waals surface area contributed by atoms with E-state index in [2.05, 4.69) is 36.4 Å². The fourth-order valence-corrected chi connectivity index (χ4v) is 1.40. The third-order valence-corrected chi connectivity index (χ3v) is 3.08. The second-order valence-electron chi connectivity index (χ2n) is 5.00. The molecule has 0 atom stereocenters. The Labute approximate surface area is 98.8 Å². The van der Waals surface area contributed by atoms with E-state index in [1.54, 1.807) is 0 Å². The number of nitrogens with zero attached hydrogens (tertiary/aromatic N) is 1. The summed E-state index contributed by atoms with van der Waals surface area (Å²) in [6.07, 6.45) is 2.65. The monoisotopic (exact) mass is 227 g/mol. The van der Waals surface area contributed by atoms with Crippen molar-refractivity contribution in [1.82, 2.24) is 15.5 Å². The highest BCUT2D eigenvalue weighted by atomic mass is 16.1. The van der Waals surface area contributed by atoms with Crippen LogP contribution in [0.4, 0.5) is 0 Å². The van der Waals surface area contributed by atoms with E-state index in [1.165, 1.54) is 12.8 Å². The lowest BCUT2D eigenvalue weighted by Crippen LogP contribution is -2.40. The van der Waals surface area contributed by atoms with Crippen LogP contribution in [-0.4, -0.2) is 50.1 Å². The first-order chi connectivity index (χ1) is 7.59. The van der Waals surface area contributed by atoms with Gasteiger partial charge in [-0.05, 0) is 46.2 Å². The highest BCUT2D eigenvalue weighted by molar-refractivity contribution is 5.77. The molecule has 0 aromatic rings. The van der Waals surface area contributed by atoms with Gasteiger partial charge in [-0.1, -0.05) is 0 Å². The molecule has 0 aromatic carbocycles. The highest BCUT2D eigenvalue weighted by Gasteiger charge is 2.20. The van der Waals surface area contributed by atoms with Gasteiger partial charge >= 0.3 is 0 Å². The quantitative estimate of drug-likeness (QED) is 0.632. The largest absolute Gasteiger partial charge is 0.354 e. The molecule has 16 heavy (non-hydrogen) atoms. The zero-order valence-electron chi connectivity index (χ0n) is 10.8. The van der Waals surface area contributed by atoms with Crippen LogP contribution in [-0.2, 0) is 4.79 Å². The van der Waals surface area contributed by atoms with Crippen molar-refractivity contribution in [1.29, 1.82) is 0 Å². The van der Waals surface area contributed by atoms with Gasteiger partial charge in [-0.25, -0.2) is 0 Å². The average Bonchev–Trinajstić information content (AvgIpc) is 3.01. The molecule has 94 valence electrons. The Balaban J connectivity index is 1.92. The summed E-state index contributed by atoms with van der Waals surface area (Å²) in [6, 6.07) is 0.532. The molecule has 0 saturated heterocycles. The molecule has 1 saturated carbocycles. The van der Waals surface area contributed by atoms with Crippen LogP contribution in [0.3, 0.4) is 0 Å². The summed E-state index contributed by atoms with van der Waals surface area (Å²) in [4.78, 5) is 13.6. The van der Waals surface area contributed by atoms with Crippen molar-refractivity contribution in [3.8, 4) is 0 Å². The smallest absolute Gasteiger partial charge is 0.234 e. The molecule has 0 radical (unpaired) electrons. The number of amides is 1. The normalized spacial score (nSPS) is 15.8. The number of hydrogen-bond donors (Lipinski definition) is 2. The molecule has 4 heteroatoms. The van der Waals surface area contributed by atoms with E-state index in [0.717, 1.165) is 25.6 Å². The molecule has 1 amide bonds. The Bertz CT molecular complexity index is 214. The fourth-order valence-electron chi connectivity index (χ4n) is 1.40. The fraction of sp³-hybridized carbons (Fsp3) is 0.917. The first-order valence-electron chi connectivity index (χ1n) is 6.27. The van der Waals surface area contributed by atoms with Gasteiger partial charge in [0, 0.05) is 19.1 Å². The van der Waals surface area contributed by atoms with Crippen LogP contribution in [0.1, 0.15) is 26.7 Å². The molecule has 0 heterocycles. The minimum absolute atomic E-state index is 0.109. The minimum atomic E-state index is 0.109. The molecule has 0 aromatic heterocycles. The van der Waals surface area contributed by atoms with Crippen LogP contribution >= 0.6 is 0 Å². The third-order valence-electron chi connectivity index (χ3n) is 3.08. The van der Waals surface area contributed by atoms with Crippen molar-refractivity contribution >= 4 is 5.91 Å². The van der Waals surface area contributed by atoms with Crippen molar-refractivity contribution in [2.24, 2.45) is 5.92 Å². The van der Waals surface area contributed by atoms with Gasteiger partial charge in [0.1, 0.15) is 0 Å². The van der Waals surface area contributed by atoms with E-state index < -0.39 is 0 Å². The summed E-state index contributed by atoms with van der Waals surface area (Å²) < 4.78 is 0. The molecular weight excluding hydrogens is 202 g/mol. The van der Waals surface area contributed by atoms with E-state index in [0.29, 0.717) is 12.6 Å². The van der Waals surface area contributed by atoms with Gasteiger partial charge in [-0.3, -0.25) is 4.79 Å². The Hall–Kier alpha value is -0.610. The number of rotatable bonds is 8. The third kappa shape index (κ3) is 6.08. The van der Waals surface area contributed by atoms with Crippen LogP contribution in [0.2, 0.25) is 0 Å². The molecule has 1 fully saturated rings. The molecule has 4 nitrogen and oxygen atoms in total. The molecular formula is C12H25N3O. The molecule has 1 aliphatic carbocycles. The molecule has 0 spiro atoms. The SMILES string of the molecule is CC(C)N(C)CCNC(=O)CNCC1CC1. The Morgan fingerprint density at radius 3 is 2.69 bits per heavy atom. The minimum Gasteiger partial charge on any atom is -0.354 e. The molecule has 2 N–H and O–H groups in total. The van der Waals surface area contributed by atoms with Crippen molar-refractivity contribution in [3.05, 3.63) is 0 Å². The van der Waals surface area contributed by atoms with Crippen LogP contribution in [0.15, 0.2) is 0 Å². The summed E-state index contributed by atoms with van der Waals surface area (Å²) in [5.74, 6) is 0.942. The summed E-state index contributed by atoms with van der Waals surface area (Å²) in [6.45, 7) is 7.41. The van der Waals surface area contributed by atoms with Crippen LogP contribution in [0.25, 0.3) is 0 Å². The summed E-state index contributed by atoms with van der Waals surface area (Å²) >= 11 is 0. The number of likely N-dealkylation sites (N-methyl/N-ethyl adjacent to an activating group) is 1. The summed E-state index contributed by atoms with van der Waals surface area (Å²) in [5, 5.41) is 6.10. The average molecular weight is 227 g/mol. The molecule has 0 unspecified atom stereocenters. The van der Waals surface area contributed by atoms with Gasteiger partial charge in [0.2, 0.25) is 5.91 Å². The lowest BCUT2D eigenvalue weighted by Gasteiger charge is -2.20. The van der Waals surface area contributed by atoms with Crippen molar-refractivity contribution < 1.29 is 4.79 Å². The van der Waals surface area contributed by atoms with Crippen molar-refractivity contribution in [2.75, 3.05) is 33.2 Å². The predicted molar refractivity (Wildman–Crippen MR) is 66.4 cm³/mol. The zero-order valence-corrected chi connectivity index (χ0v) is 10.8. The Morgan fingerprint density at radius 2 is 2.12 bits per heavy atom. The topological polar surface area (TPSA) is 44.4 Å². The lowest BCUT2D eigenvalue weighted by atomic mass is 10.3. The lowest BCUT2D eigenvalue weighted by molar-refractivity contribution is -0.120. The Morgan fingerprint density at radius 1 is 1.44 bits per heavy atom. The van der Waals surface area contributed by atoms with Crippen molar-refractivity contribution in [3.63, 3.8) is 0 Å². The molecule has 1 rings (SSSR count). The zero-order chi connectivity index (χ0) is 12.0. The number of carbonyl (C=O) groups excluding carboxylic acids is 1. The van der Waals surface area contributed by atoms with Crippen LogP contribution in [0, 0.1) is 5.92 Å². The van der Waals surface area contributed by atoms with E-state index >= 15 is 0 Å². The van der Waals surface area contributed by atoms with Gasteiger partial charge in [-0.2, -0.15) is 0 Å². The number of hydrogen-bond acceptors (Lipinski definition) is 3. The van der Waals surface area contributed by atoms with Crippen molar-refractivity contribution in [2.45, 2.75) is 32.7 Å². The van der Waals surface area contributed by atoms with Gasteiger partial charge < -0.3 is 15.5 Å². The number of nitrogens with one attached hydrogen (secondary N) is 2. The van der Waals surface area contributed by atoms with Gasteiger partial charge in [0.25, 0.3) is 0 Å². The van der Waals surface area contributed by atoms with Crippen LogP contribution < -0.4 is 10.6 Å². The maximum absolute atomic E-state index is 11.4. The molecule has 0 aliphatic heterocycles. The molecule has 0 bridgehead atoms. The second-order valence-corrected chi connectivity index (χ2v) is 5.00. The standard InChI is InChI=1S/C12H25N3O/c1-10(2)15(3)7-6-14-12(16)9-13-8-11-4-5-11/h10-11,13H,4-9H2,1-3H3,(H,14,16). The highest BCUT2D eigenvalue weighted by Crippen LogP contribution is 2.27. The second kappa shape index (κ2) is 6.86. The summed E-state index contributed by atoms with van der Waals surface area (Å²) in [7, 11) is 2.07. The molecule has 1 aliphatic rings. The predicted octanol–water partition coefficient (Wildman–Crippen LogP) is 0.442. The first-order valence-corrected chi connectivity index (χ1v) is 6.27. The van der Waals surface area contributed by atoms with Gasteiger partial charge in [0.15, 0.2) is 0 Å². The van der Waals surface area contributed by atoms with E-state index in [-0.39, 0.29) is 5.91 Å². The van der Waals surface area contributed by atoms with Crippen LogP contribution in [0.5, 0.6) is 0 Å².